The molecule has 0 radical (unpaired) electrons. The lowest BCUT2D eigenvalue weighted by Crippen LogP contribution is -2.36. The molecule has 180 valence electrons. The summed E-state index contributed by atoms with van der Waals surface area (Å²) in [5, 5.41) is 12.8. The lowest BCUT2D eigenvalue weighted by atomic mass is 10.2. The third-order valence-corrected chi connectivity index (χ3v) is 5.82. The fourth-order valence-electron chi connectivity index (χ4n) is 3.21. The number of nitrogens with zero attached hydrogens (tertiary/aromatic N) is 2. The Kier molecular flexibility index (Phi) is 7.21. The van der Waals surface area contributed by atoms with E-state index in [-0.39, 0.29) is 21.9 Å². The van der Waals surface area contributed by atoms with Crippen LogP contribution in [-0.2, 0) is 9.59 Å². The van der Waals surface area contributed by atoms with E-state index in [0.29, 0.717) is 23.0 Å². The zero-order valence-corrected chi connectivity index (χ0v) is 19.3. The summed E-state index contributed by atoms with van der Waals surface area (Å²) in [4.78, 5) is 60.9. The Labute approximate surface area is 208 Å². The molecule has 3 aromatic rings. The first-order valence-electron chi connectivity index (χ1n) is 10.5. The number of anilines is 1. The number of imide groups is 1. The van der Waals surface area contributed by atoms with Gasteiger partial charge in [0.25, 0.3) is 16.8 Å². The molecule has 11 heteroatoms. The molecular formula is C25H17N3O7S. The molecule has 0 spiro atoms. The number of esters is 1. The van der Waals surface area contributed by atoms with E-state index in [1.807, 2.05) is 0 Å². The molecule has 0 unspecified atom stereocenters. The van der Waals surface area contributed by atoms with Gasteiger partial charge in [-0.05, 0) is 59.8 Å². The van der Waals surface area contributed by atoms with Gasteiger partial charge in [-0.2, -0.15) is 0 Å². The van der Waals surface area contributed by atoms with Gasteiger partial charge < -0.3 is 10.1 Å². The number of hydrogen-bond donors (Lipinski definition) is 1. The van der Waals surface area contributed by atoms with Gasteiger partial charge in [0.1, 0.15) is 12.3 Å². The van der Waals surface area contributed by atoms with Crippen molar-refractivity contribution in [3.8, 4) is 5.75 Å². The average molecular weight is 503 g/mol. The van der Waals surface area contributed by atoms with E-state index in [0.717, 1.165) is 4.90 Å². The summed E-state index contributed by atoms with van der Waals surface area (Å²) in [5.41, 5.74) is 1.01. The Morgan fingerprint density at radius 1 is 1.00 bits per heavy atom. The third kappa shape index (κ3) is 5.83. The number of nitro groups is 1. The maximum atomic E-state index is 12.7. The van der Waals surface area contributed by atoms with Crippen molar-refractivity contribution < 1.29 is 28.8 Å². The van der Waals surface area contributed by atoms with E-state index in [1.165, 1.54) is 42.5 Å². The summed E-state index contributed by atoms with van der Waals surface area (Å²) in [5.74, 6) is -1.66. The number of nitro benzene ring substituents is 1. The minimum absolute atomic E-state index is 0.117. The molecule has 4 rings (SSSR count). The van der Waals surface area contributed by atoms with Crippen LogP contribution in [0.15, 0.2) is 83.8 Å². The molecule has 0 aliphatic carbocycles. The molecule has 10 nitrogen and oxygen atoms in total. The van der Waals surface area contributed by atoms with Crippen LogP contribution in [0.3, 0.4) is 0 Å². The predicted molar refractivity (Wildman–Crippen MR) is 132 cm³/mol. The highest BCUT2D eigenvalue weighted by Crippen LogP contribution is 2.32. The van der Waals surface area contributed by atoms with Crippen molar-refractivity contribution in [3.63, 3.8) is 0 Å². The maximum Gasteiger partial charge on any atom is 0.343 e. The lowest BCUT2D eigenvalue weighted by molar-refractivity contribution is -0.384. The van der Waals surface area contributed by atoms with Crippen molar-refractivity contribution >= 4 is 52.2 Å². The van der Waals surface area contributed by atoms with E-state index in [1.54, 1.807) is 42.5 Å². The first-order chi connectivity index (χ1) is 17.3. The Hall–Kier alpha value is -4.77. The number of carbonyl (C=O) groups excluding carboxylic acids is 4. The quantitative estimate of drug-likeness (QED) is 0.164. The molecule has 0 bridgehead atoms. The number of hydrogen-bond acceptors (Lipinski definition) is 8. The normalized spacial score (nSPS) is 14.1. The van der Waals surface area contributed by atoms with E-state index >= 15 is 0 Å². The van der Waals surface area contributed by atoms with Crippen LogP contribution in [0.1, 0.15) is 15.9 Å². The largest absolute Gasteiger partial charge is 0.423 e. The fraction of sp³-hybridized carbons (Fsp3) is 0.0400. The highest BCUT2D eigenvalue weighted by atomic mass is 32.2. The van der Waals surface area contributed by atoms with E-state index < -0.39 is 34.5 Å². The molecule has 36 heavy (non-hydrogen) atoms. The smallest absolute Gasteiger partial charge is 0.343 e. The van der Waals surface area contributed by atoms with Crippen LogP contribution in [0.4, 0.5) is 16.2 Å². The highest BCUT2D eigenvalue weighted by molar-refractivity contribution is 8.18. The van der Waals surface area contributed by atoms with Crippen LogP contribution < -0.4 is 10.1 Å². The van der Waals surface area contributed by atoms with Crippen LogP contribution in [0.2, 0.25) is 0 Å². The molecule has 0 saturated carbocycles. The van der Waals surface area contributed by atoms with E-state index in [2.05, 4.69) is 5.32 Å². The second-order valence-electron chi connectivity index (χ2n) is 7.45. The SMILES string of the molecule is O=C(CN1C(=O)S/C(=C\c2cccc(OC(=O)c3ccc([N+](=O)[O-])cc3)c2)C1=O)Nc1ccccc1. The summed E-state index contributed by atoms with van der Waals surface area (Å²) >= 11 is 0.701. The van der Waals surface area contributed by atoms with Crippen molar-refractivity contribution in [3.05, 3.63) is 105 Å². The number of ether oxygens (including phenoxy) is 1. The molecule has 3 aromatic carbocycles. The van der Waals surface area contributed by atoms with Crippen molar-refractivity contribution in [2.75, 3.05) is 11.9 Å². The van der Waals surface area contributed by atoms with Gasteiger partial charge in [-0.25, -0.2) is 4.79 Å². The van der Waals surface area contributed by atoms with Crippen LogP contribution in [0.5, 0.6) is 5.75 Å². The average Bonchev–Trinajstić information content (AvgIpc) is 3.12. The van der Waals surface area contributed by atoms with Gasteiger partial charge in [0.15, 0.2) is 0 Å². The number of benzene rings is 3. The molecule has 0 atom stereocenters. The maximum absolute atomic E-state index is 12.7. The Morgan fingerprint density at radius 3 is 2.42 bits per heavy atom. The topological polar surface area (TPSA) is 136 Å². The minimum Gasteiger partial charge on any atom is -0.423 e. The van der Waals surface area contributed by atoms with Crippen molar-refractivity contribution in [1.29, 1.82) is 0 Å². The number of para-hydroxylation sites is 1. The molecule has 1 heterocycles. The number of amides is 3. The van der Waals surface area contributed by atoms with Gasteiger partial charge in [0.2, 0.25) is 5.91 Å². The van der Waals surface area contributed by atoms with Gasteiger partial charge >= 0.3 is 5.97 Å². The van der Waals surface area contributed by atoms with Gasteiger partial charge in [-0.15, -0.1) is 0 Å². The van der Waals surface area contributed by atoms with E-state index in [9.17, 15) is 29.3 Å². The Balaban J connectivity index is 1.42. The van der Waals surface area contributed by atoms with Crippen LogP contribution in [0, 0.1) is 10.1 Å². The molecule has 1 aliphatic rings. The molecule has 0 aromatic heterocycles. The molecule has 1 aliphatic heterocycles. The fourth-order valence-corrected chi connectivity index (χ4v) is 4.04. The third-order valence-electron chi connectivity index (χ3n) is 4.91. The van der Waals surface area contributed by atoms with E-state index in [4.69, 9.17) is 4.74 Å². The first-order valence-corrected chi connectivity index (χ1v) is 11.3. The Bertz CT molecular complexity index is 1390. The van der Waals surface area contributed by atoms with Crippen LogP contribution >= 0.6 is 11.8 Å². The molecule has 1 N–H and O–H groups in total. The van der Waals surface area contributed by atoms with Gasteiger partial charge in [-0.3, -0.25) is 29.4 Å². The van der Waals surface area contributed by atoms with Crippen LogP contribution in [-0.4, -0.2) is 39.4 Å². The summed E-state index contributed by atoms with van der Waals surface area (Å²) in [7, 11) is 0. The zero-order chi connectivity index (χ0) is 25.7. The van der Waals surface area contributed by atoms with Gasteiger partial charge in [-0.1, -0.05) is 30.3 Å². The van der Waals surface area contributed by atoms with Crippen molar-refractivity contribution in [1.82, 2.24) is 4.90 Å². The Morgan fingerprint density at radius 2 is 1.72 bits per heavy atom. The molecule has 3 amide bonds. The van der Waals surface area contributed by atoms with Gasteiger partial charge in [0.05, 0.1) is 15.4 Å². The monoisotopic (exact) mass is 503 g/mol. The number of thioether (sulfide) groups is 1. The highest BCUT2D eigenvalue weighted by Gasteiger charge is 2.36. The second-order valence-corrected chi connectivity index (χ2v) is 8.44. The summed E-state index contributed by atoms with van der Waals surface area (Å²) in [6.07, 6.45) is 1.46. The molecule has 1 saturated heterocycles. The second kappa shape index (κ2) is 10.7. The first kappa shape index (κ1) is 24.4. The van der Waals surface area contributed by atoms with Gasteiger partial charge in [0, 0.05) is 17.8 Å². The molecular weight excluding hydrogens is 486 g/mol. The number of carbonyl (C=O) groups is 4. The number of nitrogens with one attached hydrogen (secondary N) is 1. The minimum atomic E-state index is -0.716. The zero-order valence-electron chi connectivity index (χ0n) is 18.5. The number of rotatable bonds is 7. The molecule has 1 fully saturated rings. The van der Waals surface area contributed by atoms with Crippen LogP contribution in [0.25, 0.3) is 6.08 Å². The summed E-state index contributed by atoms with van der Waals surface area (Å²) < 4.78 is 5.32. The standard InChI is InChI=1S/C25H17N3O7S/c29-22(26-18-6-2-1-3-7-18)15-27-23(30)21(36-25(27)32)14-16-5-4-8-20(13-16)35-24(31)17-9-11-19(12-10-17)28(33)34/h1-14H,15H2,(H,26,29)/b21-14-. The van der Waals surface area contributed by atoms with Crippen molar-refractivity contribution in [2.24, 2.45) is 0 Å². The van der Waals surface area contributed by atoms with Crippen molar-refractivity contribution in [2.45, 2.75) is 0 Å². The predicted octanol–water partition coefficient (Wildman–Crippen LogP) is 4.49. The number of non-ortho nitro benzene ring substituents is 1. The summed E-state index contributed by atoms with van der Waals surface area (Å²) in [6.45, 7) is -0.427. The lowest BCUT2D eigenvalue weighted by Gasteiger charge is -2.12. The summed E-state index contributed by atoms with van der Waals surface area (Å²) in [6, 6.07) is 19.9.